The summed E-state index contributed by atoms with van der Waals surface area (Å²) in [6.07, 6.45) is 6.27. The van der Waals surface area contributed by atoms with Crippen molar-refractivity contribution in [1.29, 1.82) is 0 Å². The molecule has 0 aromatic heterocycles. The Morgan fingerprint density at radius 3 is 2.62 bits per heavy atom. The number of nitrogens with one attached hydrogen (secondary N) is 1. The van der Waals surface area contributed by atoms with E-state index in [1.165, 1.54) is 32.1 Å². The van der Waals surface area contributed by atoms with Crippen molar-refractivity contribution in [2.75, 3.05) is 5.32 Å². The Balaban J connectivity index is 2.00. The van der Waals surface area contributed by atoms with Crippen molar-refractivity contribution in [3.8, 4) is 0 Å². The number of rotatable bonds is 4. The highest BCUT2D eigenvalue weighted by molar-refractivity contribution is 5.55. The topological polar surface area (TPSA) is 55.2 Å². The van der Waals surface area contributed by atoms with Crippen LogP contribution in [0.1, 0.15) is 51.5 Å². The zero-order valence-corrected chi connectivity index (χ0v) is 13.3. The van der Waals surface area contributed by atoms with Crippen LogP contribution in [-0.4, -0.2) is 11.0 Å². The van der Waals surface area contributed by atoms with E-state index in [1.54, 1.807) is 12.1 Å². The Morgan fingerprint density at radius 1 is 1.24 bits per heavy atom. The van der Waals surface area contributed by atoms with E-state index in [4.69, 9.17) is 0 Å². The number of nitrogens with zero attached hydrogens (tertiary/aromatic N) is 1. The number of aryl methyl sites for hydroxylation is 1. The standard InChI is InChI=1S/C17H26N2O2/c1-12(2)14-5-4-6-15(8-7-14)18-17-10-9-16(19(20)21)11-13(17)3/h9-12,14-15,18H,4-8H2,1-3H3. The molecule has 1 N–H and O–H groups in total. The predicted octanol–water partition coefficient (Wildman–Crippen LogP) is 4.92. The molecule has 2 rings (SSSR count). The van der Waals surface area contributed by atoms with Crippen LogP contribution in [0.5, 0.6) is 0 Å². The normalized spacial score (nSPS) is 22.9. The highest BCUT2D eigenvalue weighted by Gasteiger charge is 2.21. The molecule has 116 valence electrons. The van der Waals surface area contributed by atoms with Crippen LogP contribution in [0.25, 0.3) is 0 Å². The number of non-ortho nitro benzene ring substituents is 1. The van der Waals surface area contributed by atoms with E-state index in [0.717, 1.165) is 23.1 Å². The first kappa shape index (κ1) is 15.8. The summed E-state index contributed by atoms with van der Waals surface area (Å²) in [5, 5.41) is 14.4. The van der Waals surface area contributed by atoms with Crippen LogP contribution >= 0.6 is 0 Å². The van der Waals surface area contributed by atoms with Gasteiger partial charge in [0.1, 0.15) is 0 Å². The average molecular weight is 290 g/mol. The predicted molar refractivity (Wildman–Crippen MR) is 86.7 cm³/mol. The van der Waals surface area contributed by atoms with E-state index in [2.05, 4.69) is 19.2 Å². The second-order valence-corrected chi connectivity index (χ2v) is 6.61. The summed E-state index contributed by atoms with van der Waals surface area (Å²) in [5.41, 5.74) is 2.15. The Kier molecular flexibility index (Phi) is 5.21. The van der Waals surface area contributed by atoms with Crippen molar-refractivity contribution < 1.29 is 4.92 Å². The van der Waals surface area contributed by atoms with Crippen molar-refractivity contribution in [2.24, 2.45) is 11.8 Å². The van der Waals surface area contributed by atoms with Gasteiger partial charge in [0, 0.05) is 23.9 Å². The molecule has 1 saturated carbocycles. The SMILES string of the molecule is Cc1cc([N+](=O)[O-])ccc1NC1CCCC(C(C)C)CC1. The van der Waals surface area contributed by atoms with E-state index in [0.29, 0.717) is 6.04 Å². The van der Waals surface area contributed by atoms with Crippen molar-refractivity contribution in [3.05, 3.63) is 33.9 Å². The lowest BCUT2D eigenvalue weighted by molar-refractivity contribution is -0.384. The molecule has 1 fully saturated rings. The molecule has 0 saturated heterocycles. The minimum Gasteiger partial charge on any atom is -0.382 e. The van der Waals surface area contributed by atoms with E-state index >= 15 is 0 Å². The van der Waals surface area contributed by atoms with Gasteiger partial charge in [0.05, 0.1) is 4.92 Å². The van der Waals surface area contributed by atoms with E-state index in [9.17, 15) is 10.1 Å². The van der Waals surface area contributed by atoms with Crippen molar-refractivity contribution >= 4 is 11.4 Å². The number of hydrogen-bond acceptors (Lipinski definition) is 3. The van der Waals surface area contributed by atoms with E-state index in [1.807, 2.05) is 13.0 Å². The van der Waals surface area contributed by atoms with Crippen LogP contribution in [0.3, 0.4) is 0 Å². The molecule has 1 aliphatic rings. The van der Waals surface area contributed by atoms with Crippen LogP contribution in [0.15, 0.2) is 18.2 Å². The molecule has 0 aliphatic heterocycles. The third-order valence-corrected chi connectivity index (χ3v) is 4.74. The quantitative estimate of drug-likeness (QED) is 0.486. The minimum absolute atomic E-state index is 0.166. The monoisotopic (exact) mass is 290 g/mol. The zero-order valence-electron chi connectivity index (χ0n) is 13.3. The number of anilines is 1. The van der Waals surface area contributed by atoms with Gasteiger partial charge in [-0.1, -0.05) is 26.7 Å². The van der Waals surface area contributed by atoms with Crippen molar-refractivity contribution in [2.45, 2.75) is 58.9 Å². The molecule has 2 unspecified atom stereocenters. The van der Waals surface area contributed by atoms with Crippen LogP contribution in [0.4, 0.5) is 11.4 Å². The molecule has 4 nitrogen and oxygen atoms in total. The second kappa shape index (κ2) is 6.92. The largest absolute Gasteiger partial charge is 0.382 e. The lowest BCUT2D eigenvalue weighted by Gasteiger charge is -2.20. The lowest BCUT2D eigenvalue weighted by Crippen LogP contribution is -2.19. The first-order valence-electron chi connectivity index (χ1n) is 7.99. The summed E-state index contributed by atoms with van der Waals surface area (Å²) in [6, 6.07) is 5.57. The van der Waals surface area contributed by atoms with Gasteiger partial charge in [-0.2, -0.15) is 0 Å². The van der Waals surface area contributed by atoms with E-state index in [-0.39, 0.29) is 10.6 Å². The molecule has 1 aromatic carbocycles. The summed E-state index contributed by atoms with van der Waals surface area (Å²) in [7, 11) is 0. The smallest absolute Gasteiger partial charge is 0.269 e. The first-order valence-corrected chi connectivity index (χ1v) is 7.99. The maximum Gasteiger partial charge on any atom is 0.269 e. The third-order valence-electron chi connectivity index (χ3n) is 4.74. The molecule has 1 aliphatic carbocycles. The Morgan fingerprint density at radius 2 is 2.00 bits per heavy atom. The molecule has 0 bridgehead atoms. The van der Waals surface area contributed by atoms with Gasteiger partial charge >= 0.3 is 0 Å². The summed E-state index contributed by atoms with van der Waals surface area (Å²) in [5.74, 6) is 1.61. The molecule has 0 radical (unpaired) electrons. The molecule has 0 amide bonds. The Bertz CT molecular complexity index is 500. The minimum atomic E-state index is -0.338. The molecule has 4 heteroatoms. The highest BCUT2D eigenvalue weighted by Crippen LogP contribution is 2.31. The number of benzene rings is 1. The first-order chi connectivity index (χ1) is 9.97. The van der Waals surface area contributed by atoms with Crippen LogP contribution < -0.4 is 5.32 Å². The van der Waals surface area contributed by atoms with E-state index < -0.39 is 0 Å². The molecule has 21 heavy (non-hydrogen) atoms. The fourth-order valence-corrected chi connectivity index (χ4v) is 3.28. The molecule has 0 heterocycles. The Labute approximate surface area is 127 Å². The van der Waals surface area contributed by atoms with Crippen LogP contribution in [0.2, 0.25) is 0 Å². The van der Waals surface area contributed by atoms with Crippen molar-refractivity contribution in [1.82, 2.24) is 0 Å². The van der Waals surface area contributed by atoms with Gasteiger partial charge in [-0.3, -0.25) is 10.1 Å². The lowest BCUT2D eigenvalue weighted by atomic mass is 9.89. The van der Waals surface area contributed by atoms with Crippen LogP contribution in [0, 0.1) is 28.9 Å². The number of hydrogen-bond donors (Lipinski definition) is 1. The Hall–Kier alpha value is -1.58. The maximum absolute atomic E-state index is 10.8. The van der Waals surface area contributed by atoms with Gasteiger partial charge in [-0.05, 0) is 49.7 Å². The molecular weight excluding hydrogens is 264 g/mol. The summed E-state index contributed by atoms with van der Waals surface area (Å²) >= 11 is 0. The second-order valence-electron chi connectivity index (χ2n) is 6.61. The molecule has 1 aromatic rings. The molecule has 2 atom stereocenters. The van der Waals surface area contributed by atoms with Crippen molar-refractivity contribution in [3.63, 3.8) is 0 Å². The maximum atomic E-state index is 10.8. The summed E-state index contributed by atoms with van der Waals surface area (Å²) < 4.78 is 0. The molecule has 0 spiro atoms. The van der Waals surface area contributed by atoms with Gasteiger partial charge < -0.3 is 5.32 Å². The van der Waals surface area contributed by atoms with Gasteiger partial charge in [0.2, 0.25) is 0 Å². The summed E-state index contributed by atoms with van der Waals surface area (Å²) in [4.78, 5) is 10.4. The van der Waals surface area contributed by atoms with Gasteiger partial charge in [0.15, 0.2) is 0 Å². The third kappa shape index (κ3) is 4.19. The van der Waals surface area contributed by atoms with Crippen LogP contribution in [-0.2, 0) is 0 Å². The molecular formula is C17H26N2O2. The summed E-state index contributed by atoms with van der Waals surface area (Å²) in [6.45, 7) is 6.57. The number of nitro groups is 1. The number of nitro benzene ring substituents is 1. The highest BCUT2D eigenvalue weighted by atomic mass is 16.6. The fraction of sp³-hybridized carbons (Fsp3) is 0.647. The average Bonchev–Trinajstić information content (AvgIpc) is 2.66. The van der Waals surface area contributed by atoms with Gasteiger partial charge in [0.25, 0.3) is 5.69 Å². The van der Waals surface area contributed by atoms with Gasteiger partial charge in [-0.25, -0.2) is 0 Å². The fourth-order valence-electron chi connectivity index (χ4n) is 3.28. The zero-order chi connectivity index (χ0) is 15.4. The van der Waals surface area contributed by atoms with Gasteiger partial charge in [-0.15, -0.1) is 0 Å².